The first-order valence-corrected chi connectivity index (χ1v) is 12.0. The number of rotatable bonds is 8. The van der Waals surface area contributed by atoms with Crippen molar-refractivity contribution in [3.63, 3.8) is 0 Å². The Labute approximate surface area is 208 Å². The summed E-state index contributed by atoms with van der Waals surface area (Å²) in [5.41, 5.74) is 3.15. The fourth-order valence-corrected chi connectivity index (χ4v) is 4.95. The molecule has 2 N–H and O–H groups in total. The van der Waals surface area contributed by atoms with Crippen LogP contribution in [0.3, 0.4) is 0 Å². The number of hydrogen-bond acceptors (Lipinski definition) is 6. The van der Waals surface area contributed by atoms with Crippen LogP contribution >= 0.6 is 23.5 Å². The molecule has 0 spiro atoms. The lowest BCUT2D eigenvalue weighted by Gasteiger charge is -2.25. The zero-order valence-corrected chi connectivity index (χ0v) is 19.9. The lowest BCUT2D eigenvalue weighted by molar-refractivity contribution is -0.131. The van der Waals surface area contributed by atoms with Crippen molar-refractivity contribution < 1.29 is 18.3 Å². The van der Waals surface area contributed by atoms with Gasteiger partial charge in [0, 0.05) is 49.0 Å². The van der Waals surface area contributed by atoms with Gasteiger partial charge in [-0.3, -0.25) is 14.5 Å². The van der Waals surface area contributed by atoms with Crippen LogP contribution in [0.25, 0.3) is 16.4 Å². The van der Waals surface area contributed by atoms with E-state index in [9.17, 15) is 13.6 Å². The fraction of sp³-hybridized carbons (Fsp3) is 0.261. The van der Waals surface area contributed by atoms with Gasteiger partial charge in [0.2, 0.25) is 0 Å². The van der Waals surface area contributed by atoms with Gasteiger partial charge in [0.25, 0.3) is 5.91 Å². The highest BCUT2D eigenvalue weighted by atomic mass is 35.5. The molecule has 2 aliphatic rings. The first-order valence-electron chi connectivity index (χ1n) is 10.9. The number of ether oxygens (including phenoxy) is 1. The van der Waals surface area contributed by atoms with E-state index < -0.39 is 12.3 Å². The summed E-state index contributed by atoms with van der Waals surface area (Å²) in [6, 6.07) is 7.72. The molecule has 0 saturated heterocycles. The molecule has 182 valence electrons. The van der Waals surface area contributed by atoms with E-state index in [1.807, 2.05) is 18.2 Å². The minimum Gasteiger partial charge on any atom is -0.460 e. The first kappa shape index (κ1) is 23.6. The van der Waals surface area contributed by atoms with Gasteiger partial charge in [-0.05, 0) is 48.5 Å². The third-order valence-corrected chi connectivity index (χ3v) is 6.76. The summed E-state index contributed by atoms with van der Waals surface area (Å²) in [5.74, 6) is 0.604. The number of amides is 1. The lowest BCUT2D eigenvalue weighted by atomic mass is 10.1. The van der Waals surface area contributed by atoms with E-state index in [4.69, 9.17) is 21.7 Å². The van der Waals surface area contributed by atoms with Gasteiger partial charge < -0.3 is 24.9 Å². The molecule has 1 amide bonds. The molecule has 3 aromatic rings. The Kier molecular flexibility index (Phi) is 6.89. The van der Waals surface area contributed by atoms with Crippen molar-refractivity contribution in [2.45, 2.75) is 37.3 Å². The minimum absolute atomic E-state index is 0.0382. The van der Waals surface area contributed by atoms with Crippen molar-refractivity contribution in [1.29, 1.82) is 0 Å². The van der Waals surface area contributed by atoms with Gasteiger partial charge in [-0.15, -0.1) is 0 Å². The summed E-state index contributed by atoms with van der Waals surface area (Å²) in [6.07, 6.45) is 3.07. The number of carbonyl (C=O) groups excluding carboxylic acids is 1. The number of hydrogen-bond donors (Lipinski definition) is 2. The van der Waals surface area contributed by atoms with Crippen LogP contribution in [0.5, 0.6) is 5.75 Å². The van der Waals surface area contributed by atoms with E-state index in [0.29, 0.717) is 40.5 Å². The SMILES string of the molecule is O=C(NCCn1ccc2ncnc([N-]C3=CC(Cl)=C(Oc4cccc5c4CNS5)CC3)c21)C(F)F. The molecule has 1 aliphatic heterocycles. The smallest absolute Gasteiger partial charge is 0.315 e. The van der Waals surface area contributed by atoms with Crippen LogP contribution in [0.15, 0.2) is 64.2 Å². The van der Waals surface area contributed by atoms with Crippen molar-refractivity contribution in [2.24, 2.45) is 0 Å². The third kappa shape index (κ3) is 5.12. The zero-order chi connectivity index (χ0) is 24.4. The summed E-state index contributed by atoms with van der Waals surface area (Å²) in [4.78, 5) is 20.8. The van der Waals surface area contributed by atoms with E-state index in [2.05, 4.69) is 20.0 Å². The average Bonchev–Trinajstić information content (AvgIpc) is 3.49. The molecule has 0 fully saturated rings. The van der Waals surface area contributed by atoms with E-state index >= 15 is 0 Å². The van der Waals surface area contributed by atoms with Gasteiger partial charge in [0.15, 0.2) is 0 Å². The maximum atomic E-state index is 12.4. The van der Waals surface area contributed by atoms with Gasteiger partial charge in [-0.25, -0.2) is 0 Å². The maximum absolute atomic E-state index is 12.4. The molecular formula is C23H20ClF2N6O2S-. The number of carbonyl (C=O) groups is 1. The van der Waals surface area contributed by atoms with E-state index in [-0.39, 0.29) is 13.1 Å². The summed E-state index contributed by atoms with van der Waals surface area (Å²) >= 11 is 8.14. The van der Waals surface area contributed by atoms with Crippen LogP contribution in [0.1, 0.15) is 18.4 Å². The number of nitrogens with one attached hydrogen (secondary N) is 2. The predicted molar refractivity (Wildman–Crippen MR) is 130 cm³/mol. The highest BCUT2D eigenvalue weighted by molar-refractivity contribution is 7.97. The quantitative estimate of drug-likeness (QED) is 0.402. The lowest BCUT2D eigenvalue weighted by Crippen LogP contribution is -2.32. The molecule has 1 aliphatic carbocycles. The second kappa shape index (κ2) is 10.2. The van der Waals surface area contributed by atoms with Crippen molar-refractivity contribution in [3.05, 3.63) is 70.2 Å². The third-order valence-electron chi connectivity index (χ3n) is 5.55. The molecule has 0 saturated carbocycles. The summed E-state index contributed by atoms with van der Waals surface area (Å²) in [6.45, 7) is 1.03. The van der Waals surface area contributed by atoms with Gasteiger partial charge >= 0.3 is 6.43 Å². The van der Waals surface area contributed by atoms with Crippen LogP contribution in [0, 0.1) is 0 Å². The van der Waals surface area contributed by atoms with Gasteiger partial charge in [-0.2, -0.15) is 8.78 Å². The number of halogens is 3. The topological polar surface area (TPSA) is 95.2 Å². The van der Waals surface area contributed by atoms with Crippen molar-refractivity contribution in [2.75, 3.05) is 6.54 Å². The zero-order valence-electron chi connectivity index (χ0n) is 18.3. The Hall–Kier alpha value is -3.15. The molecule has 8 nitrogen and oxygen atoms in total. The molecule has 3 heterocycles. The molecule has 0 bridgehead atoms. The molecule has 0 atom stereocenters. The molecule has 12 heteroatoms. The molecular weight excluding hydrogens is 498 g/mol. The van der Waals surface area contributed by atoms with Crippen molar-refractivity contribution in [3.8, 4) is 5.75 Å². The van der Waals surface area contributed by atoms with Gasteiger partial charge in [0.05, 0.1) is 16.1 Å². The van der Waals surface area contributed by atoms with E-state index in [1.165, 1.54) is 6.33 Å². The molecule has 0 radical (unpaired) electrons. The second-order valence-corrected chi connectivity index (χ2v) is 9.15. The predicted octanol–water partition coefficient (Wildman–Crippen LogP) is 5.14. The molecule has 35 heavy (non-hydrogen) atoms. The Morgan fingerprint density at radius 3 is 3.03 bits per heavy atom. The number of fused-ring (bicyclic) bond motifs is 2. The highest BCUT2D eigenvalue weighted by Gasteiger charge is 2.19. The van der Waals surface area contributed by atoms with Gasteiger partial charge in [-0.1, -0.05) is 23.4 Å². The summed E-state index contributed by atoms with van der Waals surface area (Å²) < 4.78 is 36.0. The second-order valence-electron chi connectivity index (χ2n) is 7.81. The maximum Gasteiger partial charge on any atom is 0.315 e. The Morgan fingerprint density at radius 2 is 2.20 bits per heavy atom. The van der Waals surface area contributed by atoms with E-state index in [0.717, 1.165) is 28.5 Å². The number of benzene rings is 1. The largest absolute Gasteiger partial charge is 0.460 e. The first-order chi connectivity index (χ1) is 17.0. The molecule has 2 aromatic heterocycles. The van der Waals surface area contributed by atoms with Gasteiger partial charge in [0.1, 0.15) is 11.5 Å². The van der Waals surface area contributed by atoms with Crippen molar-refractivity contribution >= 4 is 46.3 Å². The number of allylic oxidation sites excluding steroid dienone is 4. The van der Waals surface area contributed by atoms with Crippen LogP contribution in [-0.2, 0) is 17.9 Å². The van der Waals surface area contributed by atoms with Crippen LogP contribution in [-0.4, -0.2) is 33.4 Å². The standard InChI is InChI=1S/C23H21ClF2N6O2S/c24-15-10-13(4-5-18(15)34-17-2-1-3-19-14(17)11-30-35-19)31-22-20-16(28-12-29-22)6-8-32(20)9-7-27-23(33)21(25)26/h1-3,6,8,10,12,21,30H,4-5,7,9,11H2,(H2,27,28,29,31,33)/p-1. The van der Waals surface area contributed by atoms with E-state index in [1.54, 1.807) is 34.9 Å². The number of alkyl halides is 2. The Morgan fingerprint density at radius 1 is 1.31 bits per heavy atom. The number of nitrogens with zero attached hydrogens (tertiary/aromatic N) is 4. The Bertz CT molecular complexity index is 1340. The monoisotopic (exact) mass is 517 g/mol. The average molecular weight is 518 g/mol. The van der Waals surface area contributed by atoms with Crippen LogP contribution in [0.2, 0.25) is 0 Å². The minimum atomic E-state index is -3.05. The van der Waals surface area contributed by atoms with Crippen LogP contribution < -0.4 is 14.8 Å². The number of aromatic nitrogens is 3. The Balaban J connectivity index is 1.32. The van der Waals surface area contributed by atoms with Crippen LogP contribution in [0.4, 0.5) is 14.6 Å². The summed E-state index contributed by atoms with van der Waals surface area (Å²) in [5, 5.41) is 7.36. The molecule has 1 aromatic carbocycles. The van der Waals surface area contributed by atoms with Crippen molar-refractivity contribution in [1.82, 2.24) is 24.6 Å². The molecule has 0 unspecified atom stereocenters. The highest BCUT2D eigenvalue weighted by Crippen LogP contribution is 2.39. The fourth-order valence-electron chi connectivity index (χ4n) is 3.87. The normalized spacial score (nSPS) is 15.4. The summed E-state index contributed by atoms with van der Waals surface area (Å²) in [7, 11) is 0. The molecule has 5 rings (SSSR count).